The van der Waals surface area contributed by atoms with E-state index in [1.165, 1.54) is 0 Å². The highest BCUT2D eigenvalue weighted by Gasteiger charge is 2.53. The number of hydrogen-bond donors (Lipinski definition) is 0. The largest absolute Gasteiger partial charge is 0.456 e. The number of carbonyl (C=O) groups is 3. The van der Waals surface area contributed by atoms with Gasteiger partial charge in [-0.1, -0.05) is 6.07 Å². The van der Waals surface area contributed by atoms with E-state index in [1.807, 2.05) is 43.5 Å². The van der Waals surface area contributed by atoms with Crippen molar-refractivity contribution in [1.29, 1.82) is 0 Å². The third kappa shape index (κ3) is 3.35. The van der Waals surface area contributed by atoms with Gasteiger partial charge in [0.1, 0.15) is 11.9 Å². The number of carbonyl (C=O) groups excluding carboxylic acids is 3. The normalized spacial score (nSPS) is 23.3. The van der Waals surface area contributed by atoms with Crippen molar-refractivity contribution >= 4 is 29.4 Å². The molecule has 0 unspecified atom stereocenters. The van der Waals surface area contributed by atoms with Crippen LogP contribution in [0.2, 0.25) is 0 Å². The molecule has 29 heavy (non-hydrogen) atoms. The minimum absolute atomic E-state index is 0.0234. The molecule has 2 aromatic heterocycles. The Bertz CT molecular complexity index is 987. The molecule has 0 saturated carbocycles. The van der Waals surface area contributed by atoms with Gasteiger partial charge in [0.05, 0.1) is 4.87 Å². The van der Waals surface area contributed by atoms with E-state index in [-0.39, 0.29) is 23.2 Å². The average molecular weight is 413 g/mol. The summed E-state index contributed by atoms with van der Waals surface area (Å²) < 4.78 is 7.23. The van der Waals surface area contributed by atoms with Crippen LogP contribution < -0.4 is 0 Å². The van der Waals surface area contributed by atoms with Gasteiger partial charge >= 0.3 is 5.97 Å². The fraction of sp³-hybridized carbons (Fsp3) is 0.429. The van der Waals surface area contributed by atoms with Crippen LogP contribution in [0, 0.1) is 13.8 Å². The molecule has 8 heteroatoms. The number of amides is 1. The van der Waals surface area contributed by atoms with Crippen molar-refractivity contribution in [1.82, 2.24) is 14.5 Å². The summed E-state index contributed by atoms with van der Waals surface area (Å²) in [5.41, 5.74) is 2.13. The van der Waals surface area contributed by atoms with Crippen molar-refractivity contribution in [3.63, 3.8) is 0 Å². The first-order valence-electron chi connectivity index (χ1n) is 9.58. The van der Waals surface area contributed by atoms with Crippen molar-refractivity contribution in [3.8, 4) is 5.82 Å². The van der Waals surface area contributed by atoms with Crippen LogP contribution in [0.25, 0.3) is 5.82 Å². The molecular formula is C21H23N3O4S. The Morgan fingerprint density at radius 1 is 1.34 bits per heavy atom. The highest BCUT2D eigenvalue weighted by atomic mass is 32.2. The lowest BCUT2D eigenvalue weighted by atomic mass is 10.1. The number of rotatable bonds is 5. The maximum atomic E-state index is 12.7. The van der Waals surface area contributed by atoms with Crippen molar-refractivity contribution in [2.45, 2.75) is 44.5 Å². The first-order chi connectivity index (χ1) is 13.8. The number of thioether (sulfide) groups is 1. The Kier molecular flexibility index (Phi) is 4.98. The molecule has 4 rings (SSSR count). The average Bonchev–Trinajstić information content (AvgIpc) is 3.31. The summed E-state index contributed by atoms with van der Waals surface area (Å²) >= 11 is 1.60. The van der Waals surface area contributed by atoms with Gasteiger partial charge in [-0.15, -0.1) is 11.8 Å². The molecule has 152 valence electrons. The quantitative estimate of drug-likeness (QED) is 0.554. The van der Waals surface area contributed by atoms with E-state index < -0.39 is 12.0 Å². The molecule has 2 aliphatic heterocycles. The Morgan fingerprint density at radius 3 is 2.86 bits per heavy atom. The van der Waals surface area contributed by atoms with Crippen molar-refractivity contribution in [2.75, 3.05) is 12.4 Å². The number of ketones is 1. The van der Waals surface area contributed by atoms with E-state index in [0.29, 0.717) is 17.7 Å². The second-order valence-electron chi connectivity index (χ2n) is 7.60. The van der Waals surface area contributed by atoms with E-state index in [2.05, 4.69) is 4.98 Å². The lowest BCUT2D eigenvalue weighted by molar-refractivity contribution is -0.152. The maximum Gasteiger partial charge on any atom is 0.330 e. The van der Waals surface area contributed by atoms with Crippen molar-refractivity contribution in [2.24, 2.45) is 0 Å². The van der Waals surface area contributed by atoms with E-state index in [9.17, 15) is 14.4 Å². The van der Waals surface area contributed by atoms with Gasteiger partial charge in [-0.05, 0) is 45.4 Å². The topological polar surface area (TPSA) is 81.5 Å². The molecule has 0 aliphatic carbocycles. The fourth-order valence-electron chi connectivity index (χ4n) is 4.19. The van der Waals surface area contributed by atoms with Gasteiger partial charge in [-0.2, -0.15) is 0 Å². The molecule has 2 saturated heterocycles. The summed E-state index contributed by atoms with van der Waals surface area (Å²) in [6, 6.07) is 6.76. The van der Waals surface area contributed by atoms with Crippen molar-refractivity contribution in [3.05, 3.63) is 47.4 Å². The number of esters is 1. The van der Waals surface area contributed by atoms with Gasteiger partial charge in [-0.25, -0.2) is 9.78 Å². The Hall–Kier alpha value is -2.61. The number of hydrogen-bond acceptors (Lipinski definition) is 6. The fourth-order valence-corrected chi connectivity index (χ4v) is 5.61. The standard InChI is InChI=1S/C21H23N3O4S/c1-13-10-15(14(2)23(13)18-6-4-5-9-22-18)17(25)11-28-20(27)16-12-29-21(3)8-7-19(26)24(16)21/h4-6,9-10,16H,7-8,11-12H2,1-3H3/t16-,21+/m0/s1. The minimum atomic E-state index is -0.617. The number of Topliss-reactive ketones (excluding diaryl/α,β-unsaturated/α-hetero) is 1. The van der Waals surface area contributed by atoms with E-state index in [1.54, 1.807) is 28.9 Å². The second kappa shape index (κ2) is 7.33. The third-order valence-corrected chi connectivity index (χ3v) is 7.18. The number of aromatic nitrogens is 2. The van der Waals surface area contributed by atoms with Crippen LogP contribution in [0.4, 0.5) is 0 Å². The van der Waals surface area contributed by atoms with Gasteiger partial charge < -0.3 is 14.2 Å². The van der Waals surface area contributed by atoms with Gasteiger partial charge in [-0.3, -0.25) is 9.59 Å². The van der Waals surface area contributed by atoms with Crippen molar-refractivity contribution < 1.29 is 19.1 Å². The van der Waals surface area contributed by atoms with Crippen LogP contribution in [-0.4, -0.2) is 55.4 Å². The van der Waals surface area contributed by atoms with Crippen LogP contribution in [0.5, 0.6) is 0 Å². The summed E-state index contributed by atoms with van der Waals surface area (Å²) in [5, 5.41) is 0. The molecule has 2 aliphatic rings. The lowest BCUT2D eigenvalue weighted by Gasteiger charge is -2.29. The molecule has 2 atom stereocenters. The summed E-state index contributed by atoms with van der Waals surface area (Å²) in [7, 11) is 0. The van der Waals surface area contributed by atoms with Crippen LogP contribution in [0.15, 0.2) is 30.5 Å². The molecule has 0 spiro atoms. The molecule has 0 aromatic carbocycles. The van der Waals surface area contributed by atoms with Crippen LogP contribution in [0.1, 0.15) is 41.5 Å². The molecular weight excluding hydrogens is 390 g/mol. The SMILES string of the molecule is Cc1cc(C(=O)COC(=O)[C@@H]2CS[C@]3(C)CCC(=O)N23)c(C)n1-c1ccccn1. The highest BCUT2D eigenvalue weighted by Crippen LogP contribution is 2.47. The molecule has 2 fully saturated rings. The number of ether oxygens (including phenoxy) is 1. The first-order valence-corrected chi connectivity index (χ1v) is 10.6. The Balaban J connectivity index is 1.46. The second-order valence-corrected chi connectivity index (χ2v) is 9.11. The summed E-state index contributed by atoms with van der Waals surface area (Å²) in [6.07, 6.45) is 2.88. The first kappa shape index (κ1) is 19.7. The van der Waals surface area contributed by atoms with Gasteiger partial charge in [0, 0.05) is 35.3 Å². The number of aryl methyl sites for hydroxylation is 1. The minimum Gasteiger partial charge on any atom is -0.456 e. The third-order valence-electron chi connectivity index (χ3n) is 5.67. The summed E-state index contributed by atoms with van der Waals surface area (Å²) in [4.78, 5) is 43.2. The van der Waals surface area contributed by atoms with E-state index >= 15 is 0 Å². The van der Waals surface area contributed by atoms with Crippen LogP contribution >= 0.6 is 11.8 Å². The number of fused-ring (bicyclic) bond motifs is 1. The molecule has 7 nitrogen and oxygen atoms in total. The van der Waals surface area contributed by atoms with Crippen LogP contribution in [-0.2, 0) is 14.3 Å². The molecule has 1 amide bonds. The molecule has 0 radical (unpaired) electrons. The highest BCUT2D eigenvalue weighted by molar-refractivity contribution is 8.01. The Labute approximate surface area is 173 Å². The lowest BCUT2D eigenvalue weighted by Crippen LogP contribution is -2.46. The van der Waals surface area contributed by atoms with Gasteiger partial charge in [0.2, 0.25) is 11.7 Å². The number of nitrogens with zero attached hydrogens (tertiary/aromatic N) is 3. The zero-order valence-electron chi connectivity index (χ0n) is 16.7. The van der Waals surface area contributed by atoms with Gasteiger partial charge in [0.25, 0.3) is 0 Å². The summed E-state index contributed by atoms with van der Waals surface area (Å²) in [5.74, 6) is 0.430. The Morgan fingerprint density at radius 2 is 2.14 bits per heavy atom. The molecule has 0 N–H and O–H groups in total. The zero-order valence-corrected chi connectivity index (χ0v) is 17.5. The van der Waals surface area contributed by atoms with E-state index in [4.69, 9.17) is 4.74 Å². The van der Waals surface area contributed by atoms with Crippen LogP contribution in [0.3, 0.4) is 0 Å². The van der Waals surface area contributed by atoms with E-state index in [0.717, 1.165) is 23.6 Å². The number of pyridine rings is 1. The van der Waals surface area contributed by atoms with Gasteiger partial charge in [0.15, 0.2) is 6.61 Å². The monoisotopic (exact) mass is 413 g/mol. The maximum absolute atomic E-state index is 12.7. The molecule has 4 heterocycles. The zero-order chi connectivity index (χ0) is 20.8. The molecule has 2 aromatic rings. The molecule has 0 bridgehead atoms. The predicted octanol–water partition coefficient (Wildman–Crippen LogP) is 2.67. The predicted molar refractivity (Wildman–Crippen MR) is 109 cm³/mol. The summed E-state index contributed by atoms with van der Waals surface area (Å²) in [6.45, 7) is 5.39. The smallest absolute Gasteiger partial charge is 0.330 e.